The molecule has 1 aromatic carbocycles. The Labute approximate surface area is 151 Å². The first-order valence-corrected chi connectivity index (χ1v) is 8.70. The highest BCUT2D eigenvalue weighted by molar-refractivity contribution is 7.99. The van der Waals surface area contributed by atoms with E-state index in [1.54, 1.807) is 13.2 Å². The molecule has 0 atom stereocenters. The molecule has 0 amide bonds. The molecule has 1 rings (SSSR count). The molecule has 0 radical (unpaired) electrons. The Kier molecular flexibility index (Phi) is 8.88. The fraction of sp³-hybridized carbons (Fsp3) is 0.312. The van der Waals surface area contributed by atoms with Crippen molar-refractivity contribution in [3.8, 4) is 5.75 Å². The van der Waals surface area contributed by atoms with Crippen molar-refractivity contribution < 1.29 is 14.6 Å². The van der Waals surface area contributed by atoms with Gasteiger partial charge in [0.2, 0.25) is 0 Å². The summed E-state index contributed by atoms with van der Waals surface area (Å²) in [7, 11) is 1.59. The number of hydrogen-bond donors (Lipinski definition) is 3. The van der Waals surface area contributed by atoms with Crippen molar-refractivity contribution in [2.45, 2.75) is 12.7 Å². The maximum Gasteiger partial charge on any atom is 0.313 e. The number of nitrogens with one attached hydrogen (secondary N) is 2. The molecule has 0 unspecified atom stereocenters. The number of hydrazone groups is 1. The van der Waals surface area contributed by atoms with Gasteiger partial charge in [0.1, 0.15) is 5.75 Å². The molecule has 0 saturated heterocycles. The number of carboxylic acid groups (broad SMARTS) is 1. The minimum absolute atomic E-state index is 0.0469. The minimum atomic E-state index is -0.836. The summed E-state index contributed by atoms with van der Waals surface area (Å²) in [5.41, 5.74) is 5.35. The number of methoxy groups -OCH3 is 1. The molecular formula is C16H21N3O3S2. The topological polar surface area (TPSA) is 83.0 Å². The molecule has 24 heavy (non-hydrogen) atoms. The van der Waals surface area contributed by atoms with Crippen molar-refractivity contribution in [3.05, 3.63) is 42.0 Å². The second kappa shape index (κ2) is 10.7. The quantitative estimate of drug-likeness (QED) is 0.267. The molecule has 6 nitrogen and oxygen atoms in total. The molecule has 0 aliphatic rings. The van der Waals surface area contributed by atoms with Gasteiger partial charge in [-0.15, -0.1) is 18.3 Å². The number of benzene rings is 1. The van der Waals surface area contributed by atoms with Crippen LogP contribution in [0.25, 0.3) is 0 Å². The fourth-order valence-corrected chi connectivity index (χ4v) is 2.62. The van der Waals surface area contributed by atoms with Crippen LogP contribution in [-0.4, -0.2) is 41.3 Å². The van der Waals surface area contributed by atoms with Gasteiger partial charge in [-0.25, -0.2) is 0 Å². The average molecular weight is 367 g/mol. The van der Waals surface area contributed by atoms with E-state index in [9.17, 15) is 4.79 Å². The number of thiocarbonyl (C=S) groups is 1. The lowest BCUT2D eigenvalue weighted by Crippen LogP contribution is -2.32. The van der Waals surface area contributed by atoms with E-state index in [1.165, 1.54) is 11.8 Å². The van der Waals surface area contributed by atoms with Gasteiger partial charge in [-0.05, 0) is 42.9 Å². The van der Waals surface area contributed by atoms with Gasteiger partial charge in [-0.2, -0.15) is 5.10 Å². The first kappa shape index (κ1) is 20.0. The number of aliphatic carboxylic acids is 1. The van der Waals surface area contributed by atoms with E-state index in [-0.39, 0.29) is 5.75 Å². The van der Waals surface area contributed by atoms with Crippen molar-refractivity contribution in [1.82, 2.24) is 10.7 Å². The van der Waals surface area contributed by atoms with Crippen LogP contribution in [0.5, 0.6) is 5.75 Å². The molecule has 0 saturated carbocycles. The van der Waals surface area contributed by atoms with Gasteiger partial charge >= 0.3 is 5.97 Å². The summed E-state index contributed by atoms with van der Waals surface area (Å²) in [6.45, 7) is 6.02. The van der Waals surface area contributed by atoms with E-state index < -0.39 is 5.97 Å². The molecule has 0 fully saturated rings. The summed E-state index contributed by atoms with van der Waals surface area (Å²) in [6, 6.07) is 5.68. The van der Waals surface area contributed by atoms with Crippen LogP contribution in [0.2, 0.25) is 0 Å². The average Bonchev–Trinajstić information content (AvgIpc) is 2.57. The van der Waals surface area contributed by atoms with Gasteiger partial charge in [0.05, 0.1) is 18.6 Å². The van der Waals surface area contributed by atoms with Crippen LogP contribution < -0.4 is 15.5 Å². The highest BCUT2D eigenvalue weighted by atomic mass is 32.2. The normalized spacial score (nSPS) is 10.8. The van der Waals surface area contributed by atoms with Crippen LogP contribution in [0.4, 0.5) is 0 Å². The molecule has 0 aliphatic carbocycles. The molecule has 3 N–H and O–H groups in total. The molecule has 0 aromatic heterocycles. The zero-order valence-corrected chi connectivity index (χ0v) is 15.3. The van der Waals surface area contributed by atoms with E-state index in [0.717, 1.165) is 22.6 Å². The smallest absolute Gasteiger partial charge is 0.313 e. The third-order valence-corrected chi connectivity index (χ3v) is 4.12. The Morgan fingerprint density at radius 2 is 2.29 bits per heavy atom. The van der Waals surface area contributed by atoms with Crippen LogP contribution in [0.15, 0.2) is 36.0 Å². The Morgan fingerprint density at radius 1 is 1.54 bits per heavy atom. The lowest BCUT2D eigenvalue weighted by Gasteiger charge is -2.11. The third-order valence-electron chi connectivity index (χ3n) is 2.91. The van der Waals surface area contributed by atoms with E-state index in [4.69, 9.17) is 22.1 Å². The summed E-state index contributed by atoms with van der Waals surface area (Å²) in [5.74, 6) is 0.479. The van der Waals surface area contributed by atoms with E-state index in [2.05, 4.69) is 22.4 Å². The Morgan fingerprint density at radius 3 is 2.92 bits per heavy atom. The van der Waals surface area contributed by atoms with E-state index in [1.807, 2.05) is 25.1 Å². The Bertz CT molecular complexity index is 633. The van der Waals surface area contributed by atoms with E-state index in [0.29, 0.717) is 17.4 Å². The maximum atomic E-state index is 10.6. The van der Waals surface area contributed by atoms with Gasteiger partial charge in [0.15, 0.2) is 5.11 Å². The fourth-order valence-electron chi connectivity index (χ4n) is 1.77. The van der Waals surface area contributed by atoms with E-state index >= 15 is 0 Å². The number of rotatable bonds is 9. The molecular weight excluding hydrogens is 346 g/mol. The van der Waals surface area contributed by atoms with Gasteiger partial charge < -0.3 is 15.2 Å². The number of carbonyl (C=O) groups is 1. The van der Waals surface area contributed by atoms with Crippen molar-refractivity contribution in [2.75, 3.05) is 19.4 Å². The van der Waals surface area contributed by atoms with Crippen molar-refractivity contribution in [2.24, 2.45) is 5.10 Å². The number of nitrogens with zero attached hydrogens (tertiary/aromatic N) is 1. The molecule has 1 aromatic rings. The molecule has 0 aliphatic heterocycles. The number of ether oxygens (including phenoxy) is 1. The number of thioether (sulfide) groups is 1. The third kappa shape index (κ3) is 7.01. The van der Waals surface area contributed by atoms with Crippen LogP contribution in [0, 0.1) is 0 Å². The lowest BCUT2D eigenvalue weighted by atomic mass is 10.1. The highest BCUT2D eigenvalue weighted by Crippen LogP contribution is 2.24. The predicted octanol–water partition coefficient (Wildman–Crippen LogP) is 2.39. The second-order valence-corrected chi connectivity index (χ2v) is 6.11. The second-order valence-electron chi connectivity index (χ2n) is 4.72. The summed E-state index contributed by atoms with van der Waals surface area (Å²) < 4.78 is 5.32. The first-order chi connectivity index (χ1) is 11.5. The molecule has 0 heterocycles. The van der Waals surface area contributed by atoms with Crippen LogP contribution in [0.1, 0.15) is 18.1 Å². The molecule has 0 spiro atoms. The first-order valence-electron chi connectivity index (χ1n) is 7.13. The molecule has 130 valence electrons. The van der Waals surface area contributed by atoms with Gasteiger partial charge in [-0.1, -0.05) is 6.08 Å². The zero-order valence-electron chi connectivity index (χ0n) is 13.7. The van der Waals surface area contributed by atoms with Gasteiger partial charge in [-0.3, -0.25) is 10.2 Å². The number of hydrogen-bond acceptors (Lipinski definition) is 5. The summed E-state index contributed by atoms with van der Waals surface area (Å²) >= 11 is 6.40. The standard InChI is InChI=1S/C16H21N3O3S2/c1-4-7-17-16(23)19-18-11(2)12-5-6-14(22-3)13(8-12)9-24-10-15(20)21/h4-6,8H,1,7,9-10H2,2-3H3,(H,20,21)(H2,17,19,23)/b18-11-. The zero-order chi connectivity index (χ0) is 17.9. The largest absolute Gasteiger partial charge is 0.496 e. The monoisotopic (exact) mass is 367 g/mol. The highest BCUT2D eigenvalue weighted by Gasteiger charge is 2.08. The Balaban J connectivity index is 2.81. The molecule has 0 bridgehead atoms. The summed E-state index contributed by atoms with van der Waals surface area (Å²) in [4.78, 5) is 10.6. The summed E-state index contributed by atoms with van der Waals surface area (Å²) in [5, 5.41) is 16.3. The van der Waals surface area contributed by atoms with Crippen molar-refractivity contribution in [1.29, 1.82) is 0 Å². The van der Waals surface area contributed by atoms with Crippen LogP contribution in [-0.2, 0) is 10.5 Å². The SMILES string of the molecule is C=CCNC(=S)N/N=C(/C)c1ccc(OC)c(CSCC(=O)O)c1. The van der Waals surface area contributed by atoms with Crippen LogP contribution >= 0.6 is 24.0 Å². The van der Waals surface area contributed by atoms with Gasteiger partial charge in [0.25, 0.3) is 0 Å². The molecule has 8 heteroatoms. The number of carboxylic acids is 1. The van der Waals surface area contributed by atoms with Gasteiger partial charge in [0, 0.05) is 17.9 Å². The predicted molar refractivity (Wildman–Crippen MR) is 103 cm³/mol. The summed E-state index contributed by atoms with van der Waals surface area (Å²) in [6.07, 6.45) is 1.70. The van der Waals surface area contributed by atoms with Crippen LogP contribution in [0.3, 0.4) is 0 Å². The Hall–Kier alpha value is -2.06. The lowest BCUT2D eigenvalue weighted by molar-refractivity contribution is -0.133. The van der Waals surface area contributed by atoms with Crippen molar-refractivity contribution in [3.63, 3.8) is 0 Å². The van der Waals surface area contributed by atoms with Crippen molar-refractivity contribution >= 4 is 40.8 Å². The minimum Gasteiger partial charge on any atom is -0.496 e. The maximum absolute atomic E-state index is 10.6.